The summed E-state index contributed by atoms with van der Waals surface area (Å²) in [6, 6.07) is 17.9. The van der Waals surface area contributed by atoms with Gasteiger partial charge < -0.3 is 10.2 Å². The van der Waals surface area contributed by atoms with Crippen molar-refractivity contribution in [2.45, 2.75) is 38.9 Å². The number of benzene rings is 2. The molecular weight excluding hydrogens is 338 g/mol. The highest BCUT2D eigenvalue weighted by Crippen LogP contribution is 2.22. The summed E-state index contributed by atoms with van der Waals surface area (Å²) in [5.41, 5.74) is 3.01. The predicted molar refractivity (Wildman–Crippen MR) is 107 cm³/mol. The maximum Gasteiger partial charge on any atom is 0.241 e. The smallest absolute Gasteiger partial charge is 0.241 e. The summed E-state index contributed by atoms with van der Waals surface area (Å²) >= 11 is 0. The predicted octanol–water partition coefficient (Wildman–Crippen LogP) is 3.27. The topological polar surface area (TPSA) is 52.7 Å². The Morgan fingerprint density at radius 2 is 1.85 bits per heavy atom. The summed E-state index contributed by atoms with van der Waals surface area (Å²) in [7, 11) is 1.77. The third kappa shape index (κ3) is 5.17. The first-order valence-electron chi connectivity index (χ1n) is 9.42. The van der Waals surface area contributed by atoms with E-state index in [0.717, 1.165) is 37.2 Å². The van der Waals surface area contributed by atoms with Crippen LogP contribution in [0.15, 0.2) is 54.6 Å². The zero-order chi connectivity index (χ0) is 19.2. The second-order valence-corrected chi connectivity index (χ2v) is 7.18. The van der Waals surface area contributed by atoms with E-state index < -0.39 is 0 Å². The second kappa shape index (κ2) is 8.82. The Hall–Kier alpha value is -2.66. The van der Waals surface area contributed by atoms with Gasteiger partial charge in [0, 0.05) is 32.7 Å². The van der Waals surface area contributed by atoms with Crippen LogP contribution in [0, 0.1) is 0 Å². The molecule has 3 rings (SSSR count). The number of hydrogen-bond donors (Lipinski definition) is 1. The van der Waals surface area contributed by atoms with Gasteiger partial charge in [-0.05, 0) is 42.6 Å². The molecule has 0 aliphatic carbocycles. The molecule has 2 aromatic carbocycles. The monoisotopic (exact) mass is 365 g/mol. The van der Waals surface area contributed by atoms with Crippen LogP contribution < -0.4 is 5.32 Å². The molecule has 1 heterocycles. The van der Waals surface area contributed by atoms with Crippen LogP contribution in [-0.4, -0.2) is 41.2 Å². The Bertz CT molecular complexity index is 791. The van der Waals surface area contributed by atoms with Crippen molar-refractivity contribution in [2.24, 2.45) is 0 Å². The number of amides is 2. The van der Waals surface area contributed by atoms with Gasteiger partial charge >= 0.3 is 0 Å². The molecule has 2 aromatic rings. The number of rotatable bonds is 6. The molecule has 5 heteroatoms. The van der Waals surface area contributed by atoms with Crippen LogP contribution in [-0.2, 0) is 22.7 Å². The summed E-state index contributed by atoms with van der Waals surface area (Å²) in [4.78, 5) is 28.2. The molecule has 1 atom stereocenters. The number of likely N-dealkylation sites (tertiary alicyclic amines) is 1. The number of carbonyl (C=O) groups is 2. The van der Waals surface area contributed by atoms with Gasteiger partial charge in [0.05, 0.1) is 6.04 Å². The molecule has 1 N–H and O–H groups in total. The number of carbonyl (C=O) groups excluding carboxylic acids is 2. The Morgan fingerprint density at radius 1 is 1.11 bits per heavy atom. The maximum atomic E-state index is 12.8. The van der Waals surface area contributed by atoms with Gasteiger partial charge in [0.1, 0.15) is 0 Å². The first kappa shape index (κ1) is 19.1. The van der Waals surface area contributed by atoms with E-state index in [-0.39, 0.29) is 17.9 Å². The fraction of sp³-hybridized carbons (Fsp3) is 0.364. The lowest BCUT2D eigenvalue weighted by molar-refractivity contribution is -0.128. The summed E-state index contributed by atoms with van der Waals surface area (Å²) in [5, 5.41) is 3.06. The maximum absolute atomic E-state index is 12.8. The Kier molecular flexibility index (Phi) is 6.24. The minimum atomic E-state index is -0.103. The normalized spacial score (nSPS) is 16.9. The second-order valence-electron chi connectivity index (χ2n) is 7.18. The van der Waals surface area contributed by atoms with Crippen LogP contribution in [0.5, 0.6) is 0 Å². The summed E-state index contributed by atoms with van der Waals surface area (Å²) < 4.78 is 0. The highest BCUT2D eigenvalue weighted by Gasteiger charge is 2.30. The first-order chi connectivity index (χ1) is 13.0. The molecule has 0 saturated carbocycles. The van der Waals surface area contributed by atoms with E-state index in [4.69, 9.17) is 0 Å². The van der Waals surface area contributed by atoms with Crippen molar-refractivity contribution in [3.8, 4) is 0 Å². The summed E-state index contributed by atoms with van der Waals surface area (Å²) in [5.74, 6) is 0.0625. The summed E-state index contributed by atoms with van der Waals surface area (Å²) in [6.07, 6.45) is 1.92. The van der Waals surface area contributed by atoms with Gasteiger partial charge in [-0.3, -0.25) is 14.5 Å². The molecule has 1 unspecified atom stereocenters. The molecule has 27 heavy (non-hydrogen) atoms. The quantitative estimate of drug-likeness (QED) is 0.855. The van der Waals surface area contributed by atoms with Crippen LogP contribution in [0.3, 0.4) is 0 Å². The van der Waals surface area contributed by atoms with Crippen molar-refractivity contribution >= 4 is 17.5 Å². The van der Waals surface area contributed by atoms with Gasteiger partial charge in [-0.15, -0.1) is 0 Å². The lowest BCUT2D eigenvalue weighted by atomic mass is 10.1. The van der Waals surface area contributed by atoms with Crippen molar-refractivity contribution < 1.29 is 9.59 Å². The molecule has 0 aromatic heterocycles. The van der Waals surface area contributed by atoms with Crippen molar-refractivity contribution in [3.63, 3.8) is 0 Å². The Morgan fingerprint density at radius 3 is 2.59 bits per heavy atom. The van der Waals surface area contributed by atoms with Crippen LogP contribution in [0.4, 0.5) is 5.69 Å². The van der Waals surface area contributed by atoms with Crippen LogP contribution in [0.1, 0.15) is 30.9 Å². The zero-order valence-corrected chi connectivity index (χ0v) is 16.0. The largest absolute Gasteiger partial charge is 0.342 e. The lowest BCUT2D eigenvalue weighted by Crippen LogP contribution is -2.39. The standard InChI is InChI=1S/C22H27N3O2/c1-17(26)24(2)15-19-10-6-11-20(14-19)23-22(27)21-12-7-13-25(21)16-18-8-4-3-5-9-18/h3-6,8-11,14,21H,7,12-13,15-16H2,1-2H3,(H,23,27). The average Bonchev–Trinajstić information content (AvgIpc) is 3.11. The molecule has 1 aliphatic rings. The third-order valence-electron chi connectivity index (χ3n) is 5.05. The molecule has 2 amide bonds. The number of nitrogens with one attached hydrogen (secondary N) is 1. The Balaban J connectivity index is 1.63. The number of nitrogens with zero attached hydrogens (tertiary/aromatic N) is 2. The number of hydrogen-bond acceptors (Lipinski definition) is 3. The van der Waals surface area contributed by atoms with Crippen molar-refractivity contribution in [3.05, 3.63) is 65.7 Å². The van der Waals surface area contributed by atoms with Crippen LogP contribution in [0.2, 0.25) is 0 Å². The van der Waals surface area contributed by atoms with Crippen LogP contribution >= 0.6 is 0 Å². The van der Waals surface area contributed by atoms with Gasteiger partial charge in [0.15, 0.2) is 0 Å². The molecule has 0 bridgehead atoms. The molecule has 5 nitrogen and oxygen atoms in total. The lowest BCUT2D eigenvalue weighted by Gasteiger charge is -2.24. The van der Waals surface area contributed by atoms with Crippen molar-refractivity contribution in [1.82, 2.24) is 9.80 Å². The molecule has 1 fully saturated rings. The van der Waals surface area contributed by atoms with Crippen molar-refractivity contribution in [2.75, 3.05) is 18.9 Å². The van der Waals surface area contributed by atoms with E-state index in [0.29, 0.717) is 6.54 Å². The molecule has 1 aliphatic heterocycles. The van der Waals surface area contributed by atoms with Crippen LogP contribution in [0.25, 0.3) is 0 Å². The van der Waals surface area contributed by atoms with Gasteiger partial charge in [-0.25, -0.2) is 0 Å². The van der Waals surface area contributed by atoms with E-state index in [1.807, 2.05) is 42.5 Å². The van der Waals surface area contributed by atoms with Gasteiger partial charge in [-0.1, -0.05) is 42.5 Å². The minimum absolute atomic E-state index is 0.0203. The van der Waals surface area contributed by atoms with E-state index in [1.165, 1.54) is 5.56 Å². The van der Waals surface area contributed by atoms with E-state index in [1.54, 1.807) is 18.9 Å². The molecular formula is C22H27N3O2. The van der Waals surface area contributed by atoms with Gasteiger partial charge in [0.25, 0.3) is 0 Å². The van der Waals surface area contributed by atoms with Gasteiger partial charge in [0.2, 0.25) is 11.8 Å². The third-order valence-corrected chi connectivity index (χ3v) is 5.05. The van der Waals surface area contributed by atoms with Crippen molar-refractivity contribution in [1.29, 1.82) is 0 Å². The fourth-order valence-electron chi connectivity index (χ4n) is 3.49. The van der Waals surface area contributed by atoms with E-state index >= 15 is 0 Å². The molecule has 142 valence electrons. The fourth-order valence-corrected chi connectivity index (χ4v) is 3.49. The summed E-state index contributed by atoms with van der Waals surface area (Å²) in [6.45, 7) is 3.81. The Labute approximate surface area is 161 Å². The first-order valence-corrected chi connectivity index (χ1v) is 9.42. The average molecular weight is 365 g/mol. The number of anilines is 1. The highest BCUT2D eigenvalue weighted by molar-refractivity contribution is 5.95. The molecule has 1 saturated heterocycles. The van der Waals surface area contributed by atoms with E-state index in [2.05, 4.69) is 22.3 Å². The van der Waals surface area contributed by atoms with Gasteiger partial charge in [-0.2, -0.15) is 0 Å². The molecule has 0 radical (unpaired) electrons. The minimum Gasteiger partial charge on any atom is -0.342 e. The highest BCUT2D eigenvalue weighted by atomic mass is 16.2. The molecule has 0 spiro atoms. The SMILES string of the molecule is CC(=O)N(C)Cc1cccc(NC(=O)C2CCCN2Cc2ccccc2)c1. The zero-order valence-electron chi connectivity index (χ0n) is 16.0. The van der Waals surface area contributed by atoms with E-state index in [9.17, 15) is 9.59 Å².